The maximum Gasteiger partial charge on any atom is 0.177 e. The van der Waals surface area contributed by atoms with Gasteiger partial charge in [-0.3, -0.25) is 4.90 Å². The van der Waals surface area contributed by atoms with Gasteiger partial charge in [-0.15, -0.1) is 0 Å². The van der Waals surface area contributed by atoms with Crippen molar-refractivity contribution in [3.63, 3.8) is 0 Å². The third kappa shape index (κ3) is 2.75. The molecule has 0 bridgehead atoms. The number of anilines is 1. The second-order valence-electron chi connectivity index (χ2n) is 6.59. The number of nitrogens with zero attached hydrogens (tertiary/aromatic N) is 2. The molecular formula is C20H15F2N3O2S. The molecule has 8 heteroatoms. The molecule has 0 fully saturated rings. The molecule has 2 aliphatic rings. The number of halogens is 2. The fourth-order valence-electron chi connectivity index (χ4n) is 3.74. The van der Waals surface area contributed by atoms with Crippen LogP contribution in [0.3, 0.4) is 0 Å². The summed E-state index contributed by atoms with van der Waals surface area (Å²) in [4.78, 5) is 1.59. The minimum Gasteiger partial charge on any atom is -0.384 e. The first kappa shape index (κ1) is 18.2. The summed E-state index contributed by atoms with van der Waals surface area (Å²) in [6.07, 6.45) is 0.214. The van der Waals surface area contributed by atoms with E-state index >= 15 is 0 Å². The van der Waals surface area contributed by atoms with Crippen molar-refractivity contribution in [2.45, 2.75) is 12.3 Å². The third-order valence-electron chi connectivity index (χ3n) is 4.97. The van der Waals surface area contributed by atoms with Gasteiger partial charge in [0.05, 0.1) is 28.2 Å². The fourth-order valence-corrected chi connectivity index (χ4v) is 5.58. The highest BCUT2D eigenvalue weighted by Crippen LogP contribution is 2.48. The number of rotatable bonds is 2. The molecule has 0 saturated carbocycles. The Labute approximate surface area is 160 Å². The van der Waals surface area contributed by atoms with Crippen LogP contribution < -0.4 is 10.6 Å². The second kappa shape index (κ2) is 6.46. The Bertz CT molecular complexity index is 1160. The first-order valence-electron chi connectivity index (χ1n) is 8.50. The summed E-state index contributed by atoms with van der Waals surface area (Å²) in [7, 11) is -3.64. The number of sulfone groups is 1. The lowest BCUT2D eigenvalue weighted by Crippen LogP contribution is -2.34. The summed E-state index contributed by atoms with van der Waals surface area (Å²) in [5.41, 5.74) is 7.74. The van der Waals surface area contributed by atoms with Crippen molar-refractivity contribution in [3.8, 4) is 6.07 Å². The summed E-state index contributed by atoms with van der Waals surface area (Å²) < 4.78 is 52.4. The summed E-state index contributed by atoms with van der Waals surface area (Å²) in [5.74, 6) is -1.84. The van der Waals surface area contributed by atoms with E-state index in [0.717, 1.165) is 0 Å². The third-order valence-corrected chi connectivity index (χ3v) is 6.86. The molecule has 0 amide bonds. The van der Waals surface area contributed by atoms with Crippen LogP contribution in [0.1, 0.15) is 17.9 Å². The largest absolute Gasteiger partial charge is 0.384 e. The maximum absolute atomic E-state index is 13.4. The first-order valence-corrected chi connectivity index (χ1v) is 10.2. The molecule has 2 aliphatic heterocycles. The van der Waals surface area contributed by atoms with Crippen molar-refractivity contribution in [1.29, 1.82) is 5.26 Å². The molecule has 2 N–H and O–H groups in total. The van der Waals surface area contributed by atoms with E-state index in [-0.39, 0.29) is 28.5 Å². The number of allylic oxidation sites excluding steroid dienone is 3. The number of benzene rings is 2. The van der Waals surface area contributed by atoms with Crippen LogP contribution in [0.25, 0.3) is 0 Å². The van der Waals surface area contributed by atoms with Crippen LogP contribution in [0.4, 0.5) is 14.5 Å². The zero-order valence-electron chi connectivity index (χ0n) is 14.6. The van der Waals surface area contributed by atoms with Crippen LogP contribution in [0.5, 0.6) is 0 Å². The molecule has 2 heterocycles. The van der Waals surface area contributed by atoms with E-state index in [1.165, 1.54) is 53.4 Å². The highest BCUT2D eigenvalue weighted by Gasteiger charge is 2.45. The summed E-state index contributed by atoms with van der Waals surface area (Å²) >= 11 is 0. The van der Waals surface area contributed by atoms with E-state index in [1.807, 2.05) is 6.07 Å². The van der Waals surface area contributed by atoms with Gasteiger partial charge in [-0.1, -0.05) is 12.1 Å². The van der Waals surface area contributed by atoms with Gasteiger partial charge in [-0.05, 0) is 42.0 Å². The molecule has 0 spiro atoms. The van der Waals surface area contributed by atoms with Gasteiger partial charge in [0.2, 0.25) is 0 Å². The molecule has 1 atom stereocenters. The topological polar surface area (TPSA) is 87.2 Å². The Morgan fingerprint density at radius 2 is 1.61 bits per heavy atom. The Hall–Kier alpha value is -3.18. The number of hydrogen-bond acceptors (Lipinski definition) is 5. The molecule has 0 saturated heterocycles. The maximum atomic E-state index is 13.4. The molecule has 0 aliphatic carbocycles. The molecule has 0 radical (unpaired) electrons. The lowest BCUT2D eigenvalue weighted by molar-refractivity contribution is 0.602. The van der Waals surface area contributed by atoms with Crippen LogP contribution in [0.15, 0.2) is 70.5 Å². The van der Waals surface area contributed by atoms with Gasteiger partial charge < -0.3 is 5.73 Å². The number of hydrogen-bond donors (Lipinski definition) is 1. The summed E-state index contributed by atoms with van der Waals surface area (Å²) in [6, 6.07) is 12.8. The minimum absolute atomic E-state index is 0.0557. The highest BCUT2D eigenvalue weighted by atomic mass is 32.2. The van der Waals surface area contributed by atoms with Crippen LogP contribution in [-0.2, 0) is 9.84 Å². The number of nitrogens with two attached hydrogens (primary N) is 1. The lowest BCUT2D eigenvalue weighted by atomic mass is 9.87. The van der Waals surface area contributed by atoms with Crippen molar-refractivity contribution in [1.82, 2.24) is 0 Å². The fraction of sp³-hybridized carbons (Fsp3) is 0.150. The molecule has 2 aromatic rings. The smallest absolute Gasteiger partial charge is 0.177 e. The second-order valence-corrected chi connectivity index (χ2v) is 8.66. The van der Waals surface area contributed by atoms with Gasteiger partial charge in [0.15, 0.2) is 9.84 Å². The molecule has 0 aromatic heterocycles. The highest BCUT2D eigenvalue weighted by molar-refractivity contribution is 7.95. The molecule has 2 aromatic carbocycles. The SMILES string of the molecule is N#CC1=C(N)N(c2ccc(F)cc2)C2=C([C@H]1c1ccc(F)cc1)S(=O)(=O)CC2. The molecule has 28 heavy (non-hydrogen) atoms. The van der Waals surface area contributed by atoms with E-state index in [4.69, 9.17) is 5.73 Å². The van der Waals surface area contributed by atoms with Gasteiger partial charge in [-0.2, -0.15) is 5.26 Å². The first-order chi connectivity index (χ1) is 13.3. The summed E-state index contributed by atoms with van der Waals surface area (Å²) in [5, 5.41) is 9.78. The minimum atomic E-state index is -3.64. The van der Waals surface area contributed by atoms with E-state index in [1.54, 1.807) is 0 Å². The molecule has 5 nitrogen and oxygen atoms in total. The molecule has 0 unspecified atom stereocenters. The van der Waals surface area contributed by atoms with Crippen LogP contribution in [-0.4, -0.2) is 14.2 Å². The normalized spacial score (nSPS) is 20.9. The zero-order valence-corrected chi connectivity index (χ0v) is 15.4. The Morgan fingerprint density at radius 3 is 2.18 bits per heavy atom. The Balaban J connectivity index is 1.98. The van der Waals surface area contributed by atoms with E-state index in [0.29, 0.717) is 16.9 Å². The van der Waals surface area contributed by atoms with Gasteiger partial charge in [0.1, 0.15) is 17.5 Å². The molecule has 4 rings (SSSR count). The predicted molar refractivity (Wildman–Crippen MR) is 100 cm³/mol. The van der Waals surface area contributed by atoms with E-state index in [2.05, 4.69) is 0 Å². The monoisotopic (exact) mass is 399 g/mol. The Morgan fingerprint density at radius 1 is 1.04 bits per heavy atom. The van der Waals surface area contributed by atoms with E-state index < -0.39 is 27.4 Å². The van der Waals surface area contributed by atoms with Gasteiger partial charge >= 0.3 is 0 Å². The quantitative estimate of drug-likeness (QED) is 0.837. The van der Waals surface area contributed by atoms with Crippen molar-refractivity contribution >= 4 is 15.5 Å². The molecular weight excluding hydrogens is 384 g/mol. The van der Waals surface area contributed by atoms with Gasteiger partial charge in [0.25, 0.3) is 0 Å². The van der Waals surface area contributed by atoms with Gasteiger partial charge in [0, 0.05) is 17.8 Å². The summed E-state index contributed by atoms with van der Waals surface area (Å²) in [6.45, 7) is 0. The molecule has 142 valence electrons. The lowest BCUT2D eigenvalue weighted by Gasteiger charge is -2.35. The van der Waals surface area contributed by atoms with Crippen molar-refractivity contribution in [3.05, 3.63) is 87.7 Å². The van der Waals surface area contributed by atoms with Crippen LogP contribution >= 0.6 is 0 Å². The average Bonchev–Trinajstić information content (AvgIpc) is 2.98. The Kier molecular flexibility index (Phi) is 4.20. The average molecular weight is 399 g/mol. The van der Waals surface area contributed by atoms with Crippen LogP contribution in [0, 0.1) is 23.0 Å². The number of nitriles is 1. The van der Waals surface area contributed by atoms with Crippen molar-refractivity contribution in [2.75, 3.05) is 10.7 Å². The van der Waals surface area contributed by atoms with Crippen molar-refractivity contribution < 1.29 is 17.2 Å². The van der Waals surface area contributed by atoms with Crippen LogP contribution in [0.2, 0.25) is 0 Å². The zero-order chi connectivity index (χ0) is 20.1. The van der Waals surface area contributed by atoms with Crippen molar-refractivity contribution in [2.24, 2.45) is 5.73 Å². The predicted octanol–water partition coefficient (Wildman–Crippen LogP) is 3.29. The van der Waals surface area contributed by atoms with E-state index in [9.17, 15) is 22.5 Å². The van der Waals surface area contributed by atoms with Gasteiger partial charge in [-0.25, -0.2) is 17.2 Å². The standard InChI is InChI=1S/C20H15F2N3O2S/c21-13-3-1-12(2-4-13)18-16(11-23)20(24)25(15-7-5-14(22)6-8-15)17-9-10-28(26,27)19(17)18/h1-8,18H,9-10,24H2/t18-/m0/s1.